The molecule has 3 nitrogen and oxygen atoms in total. The number of hydrogen-bond donors (Lipinski definition) is 1. The Morgan fingerprint density at radius 3 is 2.70 bits per heavy atom. The fraction of sp³-hybridized carbons (Fsp3) is 0.0667. The van der Waals surface area contributed by atoms with Crippen molar-refractivity contribution in [1.82, 2.24) is 5.32 Å². The molecule has 0 fully saturated rings. The van der Waals surface area contributed by atoms with Gasteiger partial charge in [-0.3, -0.25) is 0 Å². The van der Waals surface area contributed by atoms with Crippen LogP contribution < -0.4 is 15.0 Å². The average molecular weight is 302 g/mol. The van der Waals surface area contributed by atoms with Gasteiger partial charge in [-0.05, 0) is 17.2 Å². The monoisotopic (exact) mass is 302 g/mol. The van der Waals surface area contributed by atoms with Crippen LogP contribution in [0.3, 0.4) is 0 Å². The number of hydrogen-bond acceptors (Lipinski definition) is 3. The van der Waals surface area contributed by atoms with E-state index in [0.717, 1.165) is 0 Å². The lowest BCUT2D eigenvalue weighted by molar-refractivity contribution is -0.577. The van der Waals surface area contributed by atoms with Gasteiger partial charge in [-0.1, -0.05) is 30.4 Å². The molecule has 2 aromatic heterocycles. The van der Waals surface area contributed by atoms with Crippen LogP contribution in [0.25, 0.3) is 11.5 Å². The second kappa shape index (κ2) is 6.98. The SMILES string of the molecule is C=CCNC(=S)C(=C([O-])c1cccs1)[n+]1ccccc1. The highest BCUT2D eigenvalue weighted by molar-refractivity contribution is 7.81. The van der Waals surface area contributed by atoms with Gasteiger partial charge >= 0.3 is 0 Å². The Balaban J connectivity index is 2.47. The Hall–Kier alpha value is -1.98. The van der Waals surface area contributed by atoms with Crippen LogP contribution in [0.5, 0.6) is 0 Å². The topological polar surface area (TPSA) is 39.0 Å². The van der Waals surface area contributed by atoms with Crippen LogP contribution >= 0.6 is 23.6 Å². The van der Waals surface area contributed by atoms with Crippen molar-refractivity contribution in [3.63, 3.8) is 0 Å². The first kappa shape index (κ1) is 14.4. The first-order chi connectivity index (χ1) is 9.74. The van der Waals surface area contributed by atoms with Gasteiger partial charge in [0.1, 0.15) is 0 Å². The van der Waals surface area contributed by atoms with Crippen LogP contribution in [-0.4, -0.2) is 11.5 Å². The number of pyridine rings is 1. The molecule has 0 amide bonds. The van der Waals surface area contributed by atoms with Crippen molar-refractivity contribution in [3.8, 4) is 0 Å². The minimum absolute atomic E-state index is 0.0854. The predicted molar refractivity (Wildman–Crippen MR) is 84.9 cm³/mol. The minimum atomic E-state index is -0.0854. The van der Waals surface area contributed by atoms with E-state index in [1.54, 1.807) is 16.7 Å². The van der Waals surface area contributed by atoms with Crippen molar-refractivity contribution in [2.24, 2.45) is 0 Å². The molecule has 0 unspecified atom stereocenters. The molecule has 0 spiro atoms. The summed E-state index contributed by atoms with van der Waals surface area (Å²) in [6.07, 6.45) is 5.32. The Bertz CT molecular complexity index is 619. The molecule has 2 heterocycles. The zero-order valence-corrected chi connectivity index (χ0v) is 12.4. The van der Waals surface area contributed by atoms with Gasteiger partial charge in [0, 0.05) is 23.6 Å². The zero-order valence-electron chi connectivity index (χ0n) is 10.8. The molecule has 0 radical (unpaired) electrons. The zero-order chi connectivity index (χ0) is 14.4. The van der Waals surface area contributed by atoms with Gasteiger partial charge < -0.3 is 10.4 Å². The molecule has 0 aliphatic carbocycles. The molecule has 0 saturated carbocycles. The third-order valence-corrected chi connectivity index (χ3v) is 3.76. The normalized spacial score (nSPS) is 11.6. The largest absolute Gasteiger partial charge is 0.867 e. The molecule has 0 saturated heterocycles. The summed E-state index contributed by atoms with van der Waals surface area (Å²) in [6, 6.07) is 9.26. The van der Waals surface area contributed by atoms with Gasteiger partial charge in [0.15, 0.2) is 17.4 Å². The van der Waals surface area contributed by atoms with E-state index in [2.05, 4.69) is 11.9 Å². The van der Waals surface area contributed by atoms with E-state index in [0.29, 0.717) is 22.1 Å². The maximum absolute atomic E-state index is 12.6. The van der Waals surface area contributed by atoms with Gasteiger partial charge in [-0.15, -0.1) is 17.9 Å². The number of thiophene rings is 1. The van der Waals surface area contributed by atoms with Crippen molar-refractivity contribution >= 4 is 40.0 Å². The van der Waals surface area contributed by atoms with Crippen LogP contribution in [0.4, 0.5) is 0 Å². The summed E-state index contributed by atoms with van der Waals surface area (Å²) in [5.74, 6) is -0.0854. The highest BCUT2D eigenvalue weighted by atomic mass is 32.1. The van der Waals surface area contributed by atoms with Crippen LogP contribution in [0, 0.1) is 0 Å². The third-order valence-electron chi connectivity index (χ3n) is 2.56. The number of thiocarbonyl (C=S) groups is 1. The van der Waals surface area contributed by atoms with E-state index >= 15 is 0 Å². The van der Waals surface area contributed by atoms with Gasteiger partial charge in [-0.2, -0.15) is 4.57 Å². The summed E-state index contributed by atoms with van der Waals surface area (Å²) in [5, 5.41) is 17.5. The molecular weight excluding hydrogens is 288 g/mol. The van der Waals surface area contributed by atoms with Crippen molar-refractivity contribution < 1.29 is 9.67 Å². The number of nitrogens with zero attached hydrogens (tertiary/aromatic N) is 1. The Labute approximate surface area is 127 Å². The van der Waals surface area contributed by atoms with E-state index in [9.17, 15) is 5.11 Å². The average Bonchev–Trinajstić information content (AvgIpc) is 3.00. The van der Waals surface area contributed by atoms with E-state index in [1.807, 2.05) is 42.0 Å². The van der Waals surface area contributed by atoms with Gasteiger partial charge in [0.2, 0.25) is 5.70 Å². The van der Waals surface area contributed by atoms with Crippen LogP contribution in [0.1, 0.15) is 4.88 Å². The molecule has 5 heteroatoms. The lowest BCUT2D eigenvalue weighted by atomic mass is 10.2. The Morgan fingerprint density at radius 2 is 2.10 bits per heavy atom. The maximum atomic E-state index is 12.6. The van der Waals surface area contributed by atoms with E-state index < -0.39 is 0 Å². The maximum Gasteiger partial charge on any atom is 0.238 e. The first-order valence-corrected chi connectivity index (χ1v) is 7.33. The van der Waals surface area contributed by atoms with Crippen LogP contribution in [-0.2, 0) is 0 Å². The molecule has 2 aromatic rings. The van der Waals surface area contributed by atoms with Gasteiger partial charge in [-0.25, -0.2) is 0 Å². The molecule has 2 rings (SSSR count). The van der Waals surface area contributed by atoms with Crippen molar-refractivity contribution in [2.75, 3.05) is 6.54 Å². The highest BCUT2D eigenvalue weighted by Gasteiger charge is 2.17. The minimum Gasteiger partial charge on any atom is -0.867 e. The van der Waals surface area contributed by atoms with Crippen molar-refractivity contribution in [3.05, 3.63) is 65.6 Å². The molecule has 0 aliphatic heterocycles. The van der Waals surface area contributed by atoms with E-state index in [4.69, 9.17) is 12.2 Å². The first-order valence-electron chi connectivity index (χ1n) is 6.05. The number of nitrogens with one attached hydrogen (secondary N) is 1. The Kier molecular flexibility index (Phi) is 5.03. The van der Waals surface area contributed by atoms with Crippen LogP contribution in [0.15, 0.2) is 60.8 Å². The highest BCUT2D eigenvalue weighted by Crippen LogP contribution is 2.19. The predicted octanol–water partition coefficient (Wildman–Crippen LogP) is 1.82. The molecular formula is C15H14N2OS2. The molecule has 20 heavy (non-hydrogen) atoms. The summed E-state index contributed by atoms with van der Waals surface area (Å²) in [7, 11) is 0. The summed E-state index contributed by atoms with van der Waals surface area (Å²) >= 11 is 6.74. The molecule has 0 aliphatic rings. The molecule has 102 valence electrons. The van der Waals surface area contributed by atoms with Crippen LogP contribution in [0.2, 0.25) is 0 Å². The fourth-order valence-electron chi connectivity index (χ4n) is 1.66. The molecule has 0 atom stereocenters. The summed E-state index contributed by atoms with van der Waals surface area (Å²) in [6.45, 7) is 4.16. The second-order valence-corrected chi connectivity index (χ2v) is 5.29. The van der Waals surface area contributed by atoms with Gasteiger partial charge in [0.25, 0.3) is 0 Å². The molecule has 0 bridgehead atoms. The van der Waals surface area contributed by atoms with Crippen molar-refractivity contribution in [2.45, 2.75) is 0 Å². The number of aromatic nitrogens is 1. The second-order valence-electron chi connectivity index (χ2n) is 3.94. The fourth-order valence-corrected chi connectivity index (χ4v) is 2.60. The number of rotatable bonds is 5. The van der Waals surface area contributed by atoms with Gasteiger partial charge in [0.05, 0.1) is 0 Å². The standard InChI is InChI=1S/C15H14N2OS2/c1-2-8-16-15(19)13(17-9-4-3-5-10-17)14(18)12-7-6-11-20-12/h2-7,9-11H,1,8H2,(H-,16,18,19). The summed E-state index contributed by atoms with van der Waals surface area (Å²) in [5.41, 5.74) is 0.449. The molecule has 0 aromatic carbocycles. The van der Waals surface area contributed by atoms with Crippen molar-refractivity contribution in [1.29, 1.82) is 0 Å². The van der Waals surface area contributed by atoms with E-state index in [1.165, 1.54) is 11.3 Å². The third kappa shape index (κ3) is 3.31. The summed E-state index contributed by atoms with van der Waals surface area (Å²) in [4.78, 5) is 1.08. The molecule has 1 N–H and O–H groups in total. The van der Waals surface area contributed by atoms with E-state index in [-0.39, 0.29) is 5.76 Å². The smallest absolute Gasteiger partial charge is 0.238 e. The quantitative estimate of drug-likeness (QED) is 0.301. The lowest BCUT2D eigenvalue weighted by Crippen LogP contribution is -2.42. The lowest BCUT2D eigenvalue weighted by Gasteiger charge is -2.14. The Morgan fingerprint density at radius 1 is 1.35 bits per heavy atom. The summed E-state index contributed by atoms with van der Waals surface area (Å²) < 4.78 is 1.74.